The lowest BCUT2D eigenvalue weighted by atomic mass is 9.53. The molecule has 4 rings (SSSR count). The van der Waals surface area contributed by atoms with Crippen LogP contribution in [0.1, 0.15) is 31.8 Å². The Morgan fingerprint density at radius 3 is 1.14 bits per heavy atom. The van der Waals surface area contributed by atoms with E-state index in [0.717, 1.165) is 0 Å². The van der Waals surface area contributed by atoms with Gasteiger partial charge < -0.3 is 18.9 Å². The minimum Gasteiger partial charge on any atom is -0.493 e. The van der Waals surface area contributed by atoms with Crippen LogP contribution in [0.15, 0.2) is 97.1 Å². The van der Waals surface area contributed by atoms with Crippen LogP contribution in [0.4, 0.5) is 0 Å². The molecule has 0 amide bonds. The molecule has 210 valence electrons. The highest BCUT2D eigenvalue weighted by Crippen LogP contribution is 2.51. The lowest BCUT2D eigenvalue weighted by Gasteiger charge is -2.40. The van der Waals surface area contributed by atoms with Crippen molar-refractivity contribution in [1.29, 1.82) is 10.5 Å². The van der Waals surface area contributed by atoms with Crippen LogP contribution in [0.5, 0.6) is 23.0 Å². The molecule has 4 aromatic carbocycles. The molecule has 42 heavy (non-hydrogen) atoms. The highest BCUT2D eigenvalue weighted by molar-refractivity contribution is 6.17. The Labute approximate surface area is 244 Å². The lowest BCUT2D eigenvalue weighted by molar-refractivity contribution is 0.0769. The van der Waals surface area contributed by atoms with Crippen molar-refractivity contribution >= 4 is 11.6 Å². The number of ether oxygens (including phenoxy) is 4. The van der Waals surface area contributed by atoms with Crippen LogP contribution in [0.25, 0.3) is 0 Å². The number of nitriles is 2. The third-order valence-corrected chi connectivity index (χ3v) is 7.28. The molecular formula is C34H28N2O6. The van der Waals surface area contributed by atoms with Gasteiger partial charge in [-0.1, -0.05) is 72.8 Å². The molecule has 8 heteroatoms. The minimum atomic E-state index is -2.42. The third-order valence-electron chi connectivity index (χ3n) is 7.28. The fraction of sp³-hybridized carbons (Fsp3) is 0.176. The summed E-state index contributed by atoms with van der Waals surface area (Å²) in [4.78, 5) is 29.6. The van der Waals surface area contributed by atoms with Crippen molar-refractivity contribution in [3.05, 3.63) is 119 Å². The van der Waals surface area contributed by atoms with Gasteiger partial charge in [-0.25, -0.2) is 0 Å². The first-order valence-corrected chi connectivity index (χ1v) is 12.9. The van der Waals surface area contributed by atoms with E-state index in [2.05, 4.69) is 12.1 Å². The quantitative estimate of drug-likeness (QED) is 0.214. The molecule has 0 saturated heterocycles. The number of rotatable bonds is 11. The number of carbonyl (C=O) groups excluding carboxylic acids is 2. The van der Waals surface area contributed by atoms with Gasteiger partial charge in [0.2, 0.25) is 0 Å². The zero-order valence-electron chi connectivity index (χ0n) is 23.6. The van der Waals surface area contributed by atoms with E-state index in [1.807, 2.05) is 0 Å². The van der Waals surface area contributed by atoms with Crippen LogP contribution in [0.2, 0.25) is 0 Å². The molecule has 2 atom stereocenters. The van der Waals surface area contributed by atoms with Crippen LogP contribution >= 0.6 is 0 Å². The van der Waals surface area contributed by atoms with Crippen molar-refractivity contribution < 1.29 is 28.5 Å². The Balaban J connectivity index is 2.24. The summed E-state index contributed by atoms with van der Waals surface area (Å²) in [7, 11) is 5.73. The molecule has 8 nitrogen and oxygen atoms in total. The summed E-state index contributed by atoms with van der Waals surface area (Å²) in [5.74, 6) is -0.410. The summed E-state index contributed by atoms with van der Waals surface area (Å²) in [5.41, 5.74) is -4.44. The molecule has 0 aliphatic heterocycles. The van der Waals surface area contributed by atoms with E-state index >= 15 is 0 Å². The summed E-state index contributed by atoms with van der Waals surface area (Å²) in [5, 5.41) is 22.4. The zero-order chi connectivity index (χ0) is 30.3. The topological polar surface area (TPSA) is 119 Å². The van der Waals surface area contributed by atoms with E-state index in [4.69, 9.17) is 18.9 Å². The fourth-order valence-electron chi connectivity index (χ4n) is 5.19. The third kappa shape index (κ3) is 4.59. The Bertz CT molecular complexity index is 1560. The van der Waals surface area contributed by atoms with Crippen LogP contribution in [-0.4, -0.2) is 40.0 Å². The van der Waals surface area contributed by atoms with Gasteiger partial charge in [-0.15, -0.1) is 0 Å². The predicted octanol–water partition coefficient (Wildman–Crippen LogP) is 5.71. The smallest absolute Gasteiger partial charge is 0.190 e. The SMILES string of the molecule is COc1ccc(C(C#N)(C(=O)c2ccccc2)C(C#N)(C(=O)c2ccccc2)c2ccc(OC)c(OC)c2)cc1OC. The molecule has 0 saturated carbocycles. The summed E-state index contributed by atoms with van der Waals surface area (Å²) < 4.78 is 21.8. The number of nitrogens with zero attached hydrogens (tertiary/aromatic N) is 2. The summed E-state index contributed by atoms with van der Waals surface area (Å²) in [6.07, 6.45) is 0. The monoisotopic (exact) mass is 560 g/mol. The minimum absolute atomic E-state index is 0.0668. The predicted molar refractivity (Wildman–Crippen MR) is 155 cm³/mol. The molecule has 4 aromatic rings. The van der Waals surface area contributed by atoms with E-state index in [0.29, 0.717) is 11.5 Å². The maximum absolute atomic E-state index is 14.8. The fourth-order valence-corrected chi connectivity index (χ4v) is 5.19. The standard InChI is InChI=1S/C34H28N2O6/c1-39-27-17-15-25(19-29(27)41-3)33(21-35,31(37)23-11-7-5-8-12-23)34(22-36,32(38)24-13-9-6-10-14-24)26-16-18-28(40-2)30(20-26)42-4/h5-20H,1-4H3. The Hall–Kier alpha value is -5.60. The Kier molecular flexibility index (Phi) is 8.59. The van der Waals surface area contributed by atoms with Gasteiger partial charge in [0.1, 0.15) is 0 Å². The van der Waals surface area contributed by atoms with Gasteiger partial charge in [0.25, 0.3) is 0 Å². The second kappa shape index (κ2) is 12.3. The second-order valence-electron chi connectivity index (χ2n) is 9.25. The van der Waals surface area contributed by atoms with Gasteiger partial charge in [-0.2, -0.15) is 10.5 Å². The average Bonchev–Trinajstić information content (AvgIpc) is 3.06. The molecule has 2 unspecified atom stereocenters. The number of carbonyl (C=O) groups is 2. The molecule has 0 aliphatic carbocycles. The molecule has 0 bridgehead atoms. The first-order valence-electron chi connectivity index (χ1n) is 12.9. The number of hydrogen-bond donors (Lipinski definition) is 0. The number of methoxy groups -OCH3 is 4. The van der Waals surface area contributed by atoms with Gasteiger partial charge in [-0.05, 0) is 35.4 Å². The van der Waals surface area contributed by atoms with Gasteiger partial charge in [0.05, 0.1) is 40.6 Å². The Morgan fingerprint density at radius 2 is 0.857 bits per heavy atom. The molecular weight excluding hydrogens is 532 g/mol. The average molecular weight is 561 g/mol. The second-order valence-corrected chi connectivity index (χ2v) is 9.25. The maximum Gasteiger partial charge on any atom is 0.190 e. The highest BCUT2D eigenvalue weighted by Gasteiger charge is 2.65. The first-order chi connectivity index (χ1) is 20.4. The summed E-state index contributed by atoms with van der Waals surface area (Å²) in [6, 6.07) is 29.5. The van der Waals surface area contributed by atoms with Gasteiger partial charge >= 0.3 is 0 Å². The van der Waals surface area contributed by atoms with Crippen LogP contribution in [0.3, 0.4) is 0 Å². The van der Waals surface area contributed by atoms with E-state index in [1.165, 1.54) is 64.8 Å². The van der Waals surface area contributed by atoms with Crippen LogP contribution in [-0.2, 0) is 10.8 Å². The normalized spacial score (nSPS) is 13.3. The van der Waals surface area contributed by atoms with Crippen molar-refractivity contribution in [3.63, 3.8) is 0 Å². The summed E-state index contributed by atoms with van der Waals surface area (Å²) in [6.45, 7) is 0. The van der Waals surface area contributed by atoms with Crippen molar-refractivity contribution in [2.24, 2.45) is 0 Å². The van der Waals surface area contributed by atoms with Gasteiger partial charge in [0.15, 0.2) is 45.4 Å². The number of Topliss-reactive ketones (excluding diaryl/α,β-unsaturated/α-hetero) is 2. The van der Waals surface area contributed by atoms with Crippen molar-refractivity contribution in [1.82, 2.24) is 0 Å². The molecule has 0 radical (unpaired) electrons. The first kappa shape index (κ1) is 29.4. The van der Waals surface area contributed by atoms with E-state index in [9.17, 15) is 20.1 Å². The van der Waals surface area contributed by atoms with Crippen LogP contribution < -0.4 is 18.9 Å². The number of benzene rings is 4. The highest BCUT2D eigenvalue weighted by atomic mass is 16.5. The molecule has 0 heterocycles. The largest absolute Gasteiger partial charge is 0.493 e. The number of hydrogen-bond acceptors (Lipinski definition) is 8. The van der Waals surface area contributed by atoms with Crippen molar-refractivity contribution in [2.75, 3.05) is 28.4 Å². The van der Waals surface area contributed by atoms with E-state index < -0.39 is 22.4 Å². The number of ketones is 2. The van der Waals surface area contributed by atoms with Crippen molar-refractivity contribution in [3.8, 4) is 35.1 Å². The van der Waals surface area contributed by atoms with Gasteiger partial charge in [-0.3, -0.25) is 9.59 Å². The molecule has 0 aromatic heterocycles. The zero-order valence-corrected chi connectivity index (χ0v) is 23.6. The van der Waals surface area contributed by atoms with Crippen LogP contribution in [0, 0.1) is 22.7 Å². The maximum atomic E-state index is 14.8. The molecule has 0 N–H and O–H groups in total. The lowest BCUT2D eigenvalue weighted by Crippen LogP contribution is -2.57. The molecule has 0 aliphatic rings. The van der Waals surface area contributed by atoms with Gasteiger partial charge in [0, 0.05) is 11.1 Å². The Morgan fingerprint density at radius 1 is 0.524 bits per heavy atom. The van der Waals surface area contributed by atoms with Crippen molar-refractivity contribution in [2.45, 2.75) is 10.8 Å². The van der Waals surface area contributed by atoms with E-state index in [-0.39, 0.29) is 33.8 Å². The summed E-state index contributed by atoms with van der Waals surface area (Å²) >= 11 is 0. The van der Waals surface area contributed by atoms with E-state index in [1.54, 1.807) is 60.7 Å². The molecule has 0 fully saturated rings. The molecule has 0 spiro atoms.